The molecule has 4 fully saturated rings. The number of hydrogen-bond acceptors (Lipinski definition) is 10. The molecule has 5 amide bonds. The predicted molar refractivity (Wildman–Crippen MR) is 224 cm³/mol. The molecule has 0 spiro atoms. The average molecular weight is 809 g/mol. The predicted octanol–water partition coefficient (Wildman–Crippen LogP) is 4.67. The molecule has 3 aromatic carbocycles. The lowest BCUT2D eigenvalue weighted by Gasteiger charge is -2.38. The Bertz CT molecular complexity index is 2530. The minimum Gasteiger partial charge on any atom is -0.368 e. The number of anilines is 2. The van der Waals surface area contributed by atoms with Crippen LogP contribution in [0.15, 0.2) is 73.1 Å². The summed E-state index contributed by atoms with van der Waals surface area (Å²) in [6, 6.07) is 18.3. The molecule has 15 nitrogen and oxygen atoms in total. The third-order valence-corrected chi connectivity index (χ3v) is 13.1. The summed E-state index contributed by atoms with van der Waals surface area (Å²) in [6.45, 7) is 8.94. The molecule has 4 aliphatic heterocycles. The lowest BCUT2D eigenvalue weighted by molar-refractivity contribution is -0.136. The van der Waals surface area contributed by atoms with Gasteiger partial charge in [0.15, 0.2) is 0 Å². The summed E-state index contributed by atoms with van der Waals surface area (Å²) >= 11 is 0. The Morgan fingerprint density at radius 3 is 2.47 bits per heavy atom. The highest BCUT2D eigenvalue weighted by Gasteiger charge is 2.47. The number of carbonyl (C=O) groups excluding carboxylic acids is 5. The third kappa shape index (κ3) is 7.25. The van der Waals surface area contributed by atoms with Crippen LogP contribution in [-0.4, -0.2) is 115 Å². The zero-order chi connectivity index (χ0) is 41.1. The van der Waals surface area contributed by atoms with E-state index in [4.69, 9.17) is 10.1 Å². The van der Waals surface area contributed by atoms with Crippen molar-refractivity contribution < 1.29 is 24.0 Å². The van der Waals surface area contributed by atoms with Crippen molar-refractivity contribution in [2.45, 2.75) is 70.6 Å². The number of likely N-dealkylation sites (tertiary alicyclic amines) is 1. The number of rotatable bonds is 11. The van der Waals surface area contributed by atoms with E-state index in [0.717, 1.165) is 85.0 Å². The number of piperidine rings is 1. The van der Waals surface area contributed by atoms with Crippen molar-refractivity contribution >= 4 is 51.9 Å². The number of piperazine rings is 1. The van der Waals surface area contributed by atoms with E-state index in [-0.39, 0.29) is 24.2 Å². The number of amides is 5. The van der Waals surface area contributed by atoms with Gasteiger partial charge in [-0.1, -0.05) is 18.2 Å². The Hall–Kier alpha value is -6.19. The van der Waals surface area contributed by atoms with E-state index in [9.17, 15) is 24.0 Å². The molecule has 15 heteroatoms. The molecule has 60 heavy (non-hydrogen) atoms. The minimum atomic E-state index is -0.988. The Kier molecular flexibility index (Phi) is 9.59. The van der Waals surface area contributed by atoms with Gasteiger partial charge in [0.2, 0.25) is 11.8 Å². The smallest absolute Gasteiger partial charge is 0.264 e. The number of H-pyrrole nitrogens is 1. The Morgan fingerprint density at radius 1 is 0.900 bits per heavy atom. The first-order chi connectivity index (χ1) is 29.1. The van der Waals surface area contributed by atoms with Gasteiger partial charge in [-0.05, 0) is 93.6 Å². The summed E-state index contributed by atoms with van der Waals surface area (Å²) in [4.78, 5) is 80.9. The van der Waals surface area contributed by atoms with Gasteiger partial charge >= 0.3 is 0 Å². The van der Waals surface area contributed by atoms with E-state index in [1.54, 1.807) is 12.1 Å². The van der Waals surface area contributed by atoms with Crippen LogP contribution in [0.25, 0.3) is 22.2 Å². The molecule has 3 saturated heterocycles. The molecule has 5 aromatic rings. The quantitative estimate of drug-likeness (QED) is 0.160. The molecule has 5 aliphatic rings. The lowest BCUT2D eigenvalue weighted by atomic mass is 10.0. The maximum Gasteiger partial charge on any atom is 0.264 e. The number of imide groups is 2. The summed E-state index contributed by atoms with van der Waals surface area (Å²) in [5, 5.41) is 10.0. The number of hydrogen-bond donors (Lipinski definition) is 3. The highest BCUT2D eigenvalue weighted by Crippen LogP contribution is 2.48. The Labute approximate surface area is 347 Å². The van der Waals surface area contributed by atoms with E-state index in [1.165, 1.54) is 12.8 Å². The van der Waals surface area contributed by atoms with E-state index in [0.29, 0.717) is 47.2 Å². The van der Waals surface area contributed by atoms with Gasteiger partial charge in [0.05, 0.1) is 40.6 Å². The zero-order valence-electron chi connectivity index (χ0n) is 33.7. The van der Waals surface area contributed by atoms with Crippen molar-refractivity contribution in [3.05, 3.63) is 95.6 Å². The fraction of sp³-hybridized carbons (Fsp3) is 0.400. The summed E-state index contributed by atoms with van der Waals surface area (Å²) in [7, 11) is 0. The van der Waals surface area contributed by atoms with Crippen molar-refractivity contribution in [2.75, 3.05) is 49.5 Å². The van der Waals surface area contributed by atoms with Gasteiger partial charge < -0.3 is 15.2 Å². The highest BCUT2D eigenvalue weighted by molar-refractivity contribution is 6.25. The number of imidazole rings is 1. The summed E-state index contributed by atoms with van der Waals surface area (Å²) in [5.74, 6) is -1.20. The highest BCUT2D eigenvalue weighted by atomic mass is 16.2. The lowest BCUT2D eigenvalue weighted by Crippen LogP contribution is -2.54. The molecule has 2 atom stereocenters. The van der Waals surface area contributed by atoms with Crippen LogP contribution in [0.3, 0.4) is 0 Å². The molecule has 0 radical (unpaired) electrons. The minimum absolute atomic E-state index is 0.0865. The molecular formula is C45H48N10O5. The standard InChI is InChI=1S/C45H48N10O5/c1-28-4-3-17-53(28)25-38-48-34-12-11-32(22-35(34)49-38)47-41(57)30-9-7-29(8-10-30)31-23-46-54(24-31)27-45(15-16-45)26-51-18-20-52(21-19-51)36-6-2-5-33-40(36)44(60)55(43(33)59)37-13-14-39(56)50-42(37)58/h2,5-12,22-24,28,37H,3-4,13-21,25-27H2,1H3,(H,47,57)(H,48,49)(H,50,56,58)/t28-,37?/m0/s1. The maximum atomic E-state index is 13.7. The van der Waals surface area contributed by atoms with Crippen LogP contribution in [0.4, 0.5) is 11.4 Å². The first-order valence-electron chi connectivity index (χ1n) is 21.1. The van der Waals surface area contributed by atoms with Crippen LogP contribution in [-0.2, 0) is 22.7 Å². The molecular weight excluding hydrogens is 761 g/mol. The number of nitrogens with zero attached hydrogens (tertiary/aromatic N) is 7. The SMILES string of the molecule is C[C@H]1CCCN1Cc1nc2cc(NC(=O)c3ccc(-c4cnn(CC5(CN6CCN(c7cccc8c7C(=O)N(C7CCC(=O)NC7=O)C8=O)CC6)CC5)c4)cc3)ccc2[nH]1. The van der Waals surface area contributed by atoms with E-state index < -0.39 is 29.7 Å². The van der Waals surface area contributed by atoms with Gasteiger partial charge in [-0.15, -0.1) is 0 Å². The van der Waals surface area contributed by atoms with E-state index in [1.807, 2.05) is 59.4 Å². The second-order valence-corrected chi connectivity index (χ2v) is 17.2. The topological polar surface area (TPSA) is 169 Å². The first kappa shape index (κ1) is 38.0. The van der Waals surface area contributed by atoms with Crippen molar-refractivity contribution in [2.24, 2.45) is 5.41 Å². The van der Waals surface area contributed by atoms with Gasteiger partial charge in [-0.3, -0.25) is 48.7 Å². The Balaban J connectivity index is 0.727. The molecule has 3 N–H and O–H groups in total. The van der Waals surface area contributed by atoms with Gasteiger partial charge in [-0.2, -0.15) is 5.10 Å². The zero-order valence-corrected chi connectivity index (χ0v) is 33.7. The normalized spacial score (nSPS) is 21.8. The van der Waals surface area contributed by atoms with Crippen LogP contribution in [0.2, 0.25) is 0 Å². The van der Waals surface area contributed by atoms with Crippen molar-refractivity contribution in [3.63, 3.8) is 0 Å². The second kappa shape index (κ2) is 15.1. The van der Waals surface area contributed by atoms with Gasteiger partial charge in [0, 0.05) is 80.2 Å². The number of fused-ring (bicyclic) bond motifs is 2. The number of aromatic nitrogens is 4. The van der Waals surface area contributed by atoms with Gasteiger partial charge in [0.25, 0.3) is 17.7 Å². The van der Waals surface area contributed by atoms with Gasteiger partial charge in [0.1, 0.15) is 11.9 Å². The molecule has 1 unspecified atom stereocenters. The Morgan fingerprint density at radius 2 is 1.72 bits per heavy atom. The fourth-order valence-corrected chi connectivity index (χ4v) is 9.52. The van der Waals surface area contributed by atoms with Crippen LogP contribution in [0.5, 0.6) is 0 Å². The summed E-state index contributed by atoms with van der Waals surface area (Å²) in [5.41, 5.74) is 6.55. The van der Waals surface area contributed by atoms with Crippen LogP contribution < -0.4 is 15.5 Å². The van der Waals surface area contributed by atoms with Crippen molar-refractivity contribution in [1.29, 1.82) is 0 Å². The molecule has 1 aliphatic carbocycles. The number of nitrogens with one attached hydrogen (secondary N) is 3. The van der Waals surface area contributed by atoms with E-state index in [2.05, 4.69) is 43.4 Å². The average Bonchev–Trinajstić information content (AvgIpc) is 3.57. The van der Waals surface area contributed by atoms with E-state index >= 15 is 0 Å². The van der Waals surface area contributed by atoms with Crippen LogP contribution in [0.1, 0.15) is 82.3 Å². The second-order valence-electron chi connectivity index (χ2n) is 17.2. The van der Waals surface area contributed by atoms with Crippen molar-refractivity contribution in [1.82, 2.24) is 39.8 Å². The monoisotopic (exact) mass is 808 g/mol. The summed E-state index contributed by atoms with van der Waals surface area (Å²) in [6.07, 6.45) is 8.87. The van der Waals surface area contributed by atoms with Crippen molar-refractivity contribution in [3.8, 4) is 11.1 Å². The first-order valence-corrected chi connectivity index (χ1v) is 21.1. The molecule has 0 bridgehead atoms. The van der Waals surface area contributed by atoms with Crippen LogP contribution in [0, 0.1) is 5.41 Å². The largest absolute Gasteiger partial charge is 0.368 e. The van der Waals surface area contributed by atoms with Gasteiger partial charge in [-0.25, -0.2) is 4.98 Å². The summed E-state index contributed by atoms with van der Waals surface area (Å²) < 4.78 is 2.03. The molecule has 2 aromatic heterocycles. The fourth-order valence-electron chi connectivity index (χ4n) is 9.52. The number of carbonyl (C=O) groups is 5. The molecule has 6 heterocycles. The molecule has 1 saturated carbocycles. The third-order valence-electron chi connectivity index (χ3n) is 13.1. The molecule has 308 valence electrons. The number of benzene rings is 3. The maximum absolute atomic E-state index is 13.7. The van der Waals surface area contributed by atoms with Crippen LogP contribution >= 0.6 is 0 Å². The number of aromatic amines is 1. The molecule has 10 rings (SSSR count).